The molecule has 0 aliphatic carbocycles. The SMILES string of the molecule is O=C(Nc1cccc(C2OC(CN(Cc3ccccc3)Cc3ccccc3)CC(c3ccc(CO)cc3)O2)c1)c1cnc2ccccc2n1. The molecule has 0 radical (unpaired) electrons. The van der Waals surface area contributed by atoms with Gasteiger partial charge in [0.25, 0.3) is 5.91 Å². The van der Waals surface area contributed by atoms with E-state index < -0.39 is 6.29 Å². The van der Waals surface area contributed by atoms with Crippen LogP contribution < -0.4 is 5.32 Å². The summed E-state index contributed by atoms with van der Waals surface area (Å²) in [6.45, 7) is 2.22. The van der Waals surface area contributed by atoms with Crippen molar-refractivity contribution >= 4 is 22.6 Å². The van der Waals surface area contributed by atoms with E-state index in [-0.39, 0.29) is 30.4 Å². The van der Waals surface area contributed by atoms with Gasteiger partial charge >= 0.3 is 0 Å². The van der Waals surface area contributed by atoms with E-state index in [1.165, 1.54) is 17.3 Å². The lowest BCUT2D eigenvalue weighted by Crippen LogP contribution is -2.39. The molecule has 2 N–H and O–H groups in total. The number of rotatable bonds is 11. The Morgan fingerprint density at radius 1 is 0.735 bits per heavy atom. The van der Waals surface area contributed by atoms with Crippen LogP contribution >= 0.6 is 0 Å². The van der Waals surface area contributed by atoms with E-state index in [1.54, 1.807) is 0 Å². The number of ether oxygens (including phenoxy) is 2. The summed E-state index contributed by atoms with van der Waals surface area (Å²) in [5, 5.41) is 12.6. The Labute approximate surface area is 286 Å². The molecule has 1 aromatic heterocycles. The second kappa shape index (κ2) is 15.3. The van der Waals surface area contributed by atoms with Gasteiger partial charge in [0, 0.05) is 37.3 Å². The third-order valence-corrected chi connectivity index (χ3v) is 8.67. The van der Waals surface area contributed by atoms with Crippen LogP contribution in [0.5, 0.6) is 0 Å². The molecule has 3 unspecified atom stereocenters. The summed E-state index contributed by atoms with van der Waals surface area (Å²) >= 11 is 0. The molecule has 1 aliphatic rings. The average molecular weight is 651 g/mol. The maximum atomic E-state index is 13.2. The van der Waals surface area contributed by atoms with Crippen LogP contribution in [0, 0.1) is 0 Å². The number of fused-ring (bicyclic) bond motifs is 1. The lowest BCUT2D eigenvalue weighted by atomic mass is 9.99. The molecule has 8 nitrogen and oxygen atoms in total. The van der Waals surface area contributed by atoms with Crippen LogP contribution in [-0.4, -0.2) is 38.5 Å². The molecule has 0 saturated carbocycles. The fourth-order valence-electron chi connectivity index (χ4n) is 6.21. The number of carbonyl (C=O) groups excluding carboxylic acids is 1. The summed E-state index contributed by atoms with van der Waals surface area (Å²) < 4.78 is 13.4. The number of hydrogen-bond donors (Lipinski definition) is 2. The van der Waals surface area contributed by atoms with Crippen molar-refractivity contribution in [3.63, 3.8) is 0 Å². The lowest BCUT2D eigenvalue weighted by molar-refractivity contribution is -0.253. The van der Waals surface area contributed by atoms with Crippen molar-refractivity contribution < 1.29 is 19.4 Å². The Kier molecular flexibility index (Phi) is 10.1. The molecule has 49 heavy (non-hydrogen) atoms. The molecule has 5 aromatic carbocycles. The first-order valence-electron chi connectivity index (χ1n) is 16.5. The number of para-hydroxylation sites is 2. The number of benzene rings is 5. The molecule has 6 aromatic rings. The number of carbonyl (C=O) groups is 1. The second-order valence-electron chi connectivity index (χ2n) is 12.3. The van der Waals surface area contributed by atoms with Crippen molar-refractivity contribution in [1.82, 2.24) is 14.9 Å². The number of anilines is 1. The monoisotopic (exact) mass is 650 g/mol. The fraction of sp³-hybridized carbons (Fsp3) is 0.195. The highest BCUT2D eigenvalue weighted by Crippen LogP contribution is 2.39. The summed E-state index contributed by atoms with van der Waals surface area (Å²) in [5.74, 6) is -0.349. The second-order valence-corrected chi connectivity index (χ2v) is 12.3. The largest absolute Gasteiger partial charge is 0.392 e. The average Bonchev–Trinajstić information content (AvgIpc) is 3.15. The first-order valence-corrected chi connectivity index (χ1v) is 16.5. The van der Waals surface area contributed by atoms with Gasteiger partial charge in [0.2, 0.25) is 0 Å². The molecule has 1 saturated heterocycles. The molecule has 2 heterocycles. The normalized spacial score (nSPS) is 17.6. The number of hydrogen-bond acceptors (Lipinski definition) is 7. The Bertz CT molecular complexity index is 1950. The van der Waals surface area contributed by atoms with Crippen molar-refractivity contribution in [2.24, 2.45) is 0 Å². The minimum Gasteiger partial charge on any atom is -0.392 e. The third-order valence-electron chi connectivity index (χ3n) is 8.67. The standard InChI is InChI=1S/C41H38N4O4/c46-28-31-18-20-32(21-19-31)39-23-35(27-45(25-29-10-3-1-4-11-29)26-30-12-5-2-6-13-30)48-41(49-39)33-14-9-15-34(22-33)43-40(47)38-24-42-36-16-7-8-17-37(36)44-38/h1-22,24,35,39,41,46H,23,25-28H2,(H,43,47). The Balaban J connectivity index is 1.14. The number of aliphatic hydroxyl groups is 1. The van der Waals surface area contributed by atoms with Gasteiger partial charge in [0.05, 0.1) is 36.0 Å². The summed E-state index contributed by atoms with van der Waals surface area (Å²) in [4.78, 5) is 24.5. The van der Waals surface area contributed by atoms with Gasteiger partial charge in [-0.3, -0.25) is 14.7 Å². The van der Waals surface area contributed by atoms with Gasteiger partial charge in [-0.25, -0.2) is 4.98 Å². The molecule has 7 rings (SSSR count). The van der Waals surface area contributed by atoms with Crippen LogP contribution in [0.15, 0.2) is 140 Å². The van der Waals surface area contributed by atoms with E-state index in [0.29, 0.717) is 24.2 Å². The quantitative estimate of drug-likeness (QED) is 0.149. The van der Waals surface area contributed by atoms with Crippen LogP contribution in [0.3, 0.4) is 0 Å². The zero-order valence-electron chi connectivity index (χ0n) is 27.1. The number of nitrogens with zero attached hydrogens (tertiary/aromatic N) is 3. The van der Waals surface area contributed by atoms with Crippen molar-refractivity contribution in [1.29, 1.82) is 0 Å². The highest BCUT2D eigenvalue weighted by Gasteiger charge is 2.33. The van der Waals surface area contributed by atoms with E-state index >= 15 is 0 Å². The van der Waals surface area contributed by atoms with E-state index in [4.69, 9.17) is 9.47 Å². The zero-order chi connectivity index (χ0) is 33.4. The van der Waals surface area contributed by atoms with Gasteiger partial charge in [0.15, 0.2) is 6.29 Å². The Morgan fingerprint density at radius 3 is 2.10 bits per heavy atom. The smallest absolute Gasteiger partial charge is 0.275 e. The van der Waals surface area contributed by atoms with Crippen LogP contribution in [-0.2, 0) is 29.2 Å². The van der Waals surface area contributed by atoms with Crippen LogP contribution in [0.4, 0.5) is 5.69 Å². The van der Waals surface area contributed by atoms with Gasteiger partial charge < -0.3 is 19.9 Å². The summed E-state index contributed by atoms with van der Waals surface area (Å²) in [7, 11) is 0. The van der Waals surface area contributed by atoms with Crippen LogP contribution in [0.25, 0.3) is 11.0 Å². The number of aromatic nitrogens is 2. The maximum Gasteiger partial charge on any atom is 0.275 e. The molecular formula is C41H38N4O4. The van der Waals surface area contributed by atoms with E-state index in [2.05, 4.69) is 68.7 Å². The van der Waals surface area contributed by atoms with Crippen molar-refractivity contribution in [3.05, 3.63) is 173 Å². The van der Waals surface area contributed by atoms with Gasteiger partial charge in [-0.1, -0.05) is 109 Å². The predicted molar refractivity (Wildman–Crippen MR) is 189 cm³/mol. The van der Waals surface area contributed by atoms with Crippen LogP contribution in [0.1, 0.15) is 57.1 Å². The lowest BCUT2D eigenvalue weighted by Gasteiger charge is -2.38. The highest BCUT2D eigenvalue weighted by molar-refractivity contribution is 6.03. The van der Waals surface area contributed by atoms with Crippen molar-refractivity contribution in [2.45, 2.75) is 44.6 Å². The number of aliphatic hydroxyl groups excluding tert-OH is 1. The van der Waals surface area contributed by atoms with Crippen molar-refractivity contribution in [2.75, 3.05) is 11.9 Å². The number of nitrogens with one attached hydrogen (secondary N) is 1. The van der Waals surface area contributed by atoms with Gasteiger partial charge in [-0.05, 0) is 46.5 Å². The highest BCUT2D eigenvalue weighted by atomic mass is 16.7. The minimum atomic E-state index is -0.672. The molecule has 8 heteroatoms. The van der Waals surface area contributed by atoms with Gasteiger partial charge in [0.1, 0.15) is 5.69 Å². The van der Waals surface area contributed by atoms with E-state index in [0.717, 1.165) is 35.3 Å². The van der Waals surface area contributed by atoms with Crippen molar-refractivity contribution in [3.8, 4) is 0 Å². The maximum absolute atomic E-state index is 13.2. The van der Waals surface area contributed by atoms with E-state index in [1.807, 2.05) is 84.9 Å². The Morgan fingerprint density at radius 2 is 1.41 bits per heavy atom. The van der Waals surface area contributed by atoms with Gasteiger partial charge in [-0.15, -0.1) is 0 Å². The predicted octanol–water partition coefficient (Wildman–Crippen LogP) is 7.62. The molecule has 1 amide bonds. The molecule has 3 atom stereocenters. The number of amides is 1. The summed E-state index contributed by atoms with van der Waals surface area (Å²) in [5.41, 5.74) is 7.35. The molecule has 1 fully saturated rings. The first kappa shape index (κ1) is 32.3. The topological polar surface area (TPSA) is 96.8 Å². The zero-order valence-corrected chi connectivity index (χ0v) is 27.1. The molecular weight excluding hydrogens is 612 g/mol. The molecule has 0 spiro atoms. The Hall–Kier alpha value is -5.25. The van der Waals surface area contributed by atoms with E-state index in [9.17, 15) is 9.90 Å². The summed E-state index contributed by atoms with van der Waals surface area (Å²) in [6, 6.07) is 43.9. The van der Waals surface area contributed by atoms with Crippen LogP contribution in [0.2, 0.25) is 0 Å². The third kappa shape index (κ3) is 8.25. The molecule has 0 bridgehead atoms. The fourth-order valence-corrected chi connectivity index (χ4v) is 6.21. The van der Waals surface area contributed by atoms with Gasteiger partial charge in [-0.2, -0.15) is 0 Å². The molecule has 1 aliphatic heterocycles. The minimum absolute atomic E-state index is 0.0165. The molecule has 246 valence electrons. The first-order chi connectivity index (χ1) is 24.1. The summed E-state index contributed by atoms with van der Waals surface area (Å²) in [6.07, 6.45) is 1.08.